The van der Waals surface area contributed by atoms with Crippen molar-refractivity contribution in [3.05, 3.63) is 36.0 Å². The van der Waals surface area contributed by atoms with Gasteiger partial charge in [0, 0.05) is 32.9 Å². The van der Waals surface area contributed by atoms with E-state index in [-0.39, 0.29) is 37.7 Å². The van der Waals surface area contributed by atoms with Crippen molar-refractivity contribution in [1.29, 1.82) is 0 Å². The zero-order valence-corrected chi connectivity index (χ0v) is 21.9. The lowest BCUT2D eigenvalue weighted by Crippen LogP contribution is -2.42. The smallest absolute Gasteiger partial charge is 0.409 e. The van der Waals surface area contributed by atoms with Gasteiger partial charge in [0.25, 0.3) is 0 Å². The molecule has 1 aliphatic rings. The number of aliphatic hydroxyl groups excluding tert-OH is 1. The minimum Gasteiger partial charge on any atom is -0.457 e. The van der Waals surface area contributed by atoms with Crippen LogP contribution in [0.25, 0.3) is 0 Å². The Balaban J connectivity index is 3.09. The molecule has 0 bridgehead atoms. The predicted octanol–water partition coefficient (Wildman–Crippen LogP) is 3.15. The van der Waals surface area contributed by atoms with Crippen molar-refractivity contribution in [3.8, 4) is 0 Å². The first kappa shape index (κ1) is 30.4. The Labute approximate surface area is 208 Å². The molecule has 1 rings (SSSR count). The van der Waals surface area contributed by atoms with Crippen LogP contribution in [0.15, 0.2) is 36.0 Å². The van der Waals surface area contributed by atoms with Crippen LogP contribution in [0.3, 0.4) is 0 Å². The minimum atomic E-state index is -1.42. The molecule has 0 aromatic rings. The van der Waals surface area contributed by atoms with E-state index in [1.165, 1.54) is 18.7 Å². The number of carbonyl (C=O) groups excluding carboxylic acids is 3. The third-order valence-corrected chi connectivity index (χ3v) is 5.70. The largest absolute Gasteiger partial charge is 0.457 e. The molecule has 198 valence electrons. The van der Waals surface area contributed by atoms with Crippen LogP contribution in [0, 0.1) is 11.8 Å². The van der Waals surface area contributed by atoms with Gasteiger partial charge in [0.05, 0.1) is 19.1 Å². The monoisotopic (exact) mass is 495 g/mol. The van der Waals surface area contributed by atoms with E-state index < -0.39 is 41.9 Å². The third kappa shape index (κ3) is 11.1. The second-order valence-electron chi connectivity index (χ2n) is 9.68. The molecule has 1 heterocycles. The normalized spacial score (nSPS) is 30.4. The summed E-state index contributed by atoms with van der Waals surface area (Å²) in [5.74, 6) is -1.41. The van der Waals surface area contributed by atoms with E-state index in [4.69, 9.17) is 14.2 Å². The molecule has 0 aromatic heterocycles. The molecule has 6 atom stereocenters. The zero-order valence-electron chi connectivity index (χ0n) is 21.9. The Bertz CT molecular complexity index is 814. The molecule has 0 spiro atoms. The Kier molecular flexibility index (Phi) is 12.2. The number of cyclic esters (lactones) is 1. The van der Waals surface area contributed by atoms with Crippen molar-refractivity contribution in [2.24, 2.45) is 11.8 Å². The lowest BCUT2D eigenvalue weighted by molar-refractivity contribution is -0.157. The minimum absolute atomic E-state index is 0.0269. The van der Waals surface area contributed by atoms with E-state index in [1.807, 2.05) is 39.0 Å². The molecule has 0 fully saturated rings. The number of rotatable bonds is 6. The molecule has 0 saturated carbocycles. The maximum Gasteiger partial charge on any atom is 0.409 e. The van der Waals surface area contributed by atoms with Gasteiger partial charge in [-0.25, -0.2) is 4.79 Å². The molecule has 9 nitrogen and oxygen atoms in total. The molecule has 0 saturated heterocycles. The number of aliphatic hydroxyl groups is 2. The Hall–Kier alpha value is -2.65. The van der Waals surface area contributed by atoms with Crippen molar-refractivity contribution in [2.75, 3.05) is 20.7 Å². The van der Waals surface area contributed by atoms with E-state index in [9.17, 15) is 24.6 Å². The van der Waals surface area contributed by atoms with Crippen LogP contribution in [0.2, 0.25) is 0 Å². The topological polar surface area (TPSA) is 123 Å². The molecule has 0 aromatic carbocycles. The quantitative estimate of drug-likeness (QED) is 0.249. The maximum atomic E-state index is 12.5. The van der Waals surface area contributed by atoms with Gasteiger partial charge in [-0.15, -0.1) is 0 Å². The van der Waals surface area contributed by atoms with Crippen LogP contribution >= 0.6 is 0 Å². The first-order valence-corrected chi connectivity index (χ1v) is 11.9. The Morgan fingerprint density at radius 3 is 2.57 bits per heavy atom. The van der Waals surface area contributed by atoms with Gasteiger partial charge in [-0.2, -0.15) is 0 Å². The molecule has 2 N–H and O–H groups in total. The zero-order chi connectivity index (χ0) is 26.8. The van der Waals surface area contributed by atoms with Crippen molar-refractivity contribution in [1.82, 2.24) is 4.90 Å². The van der Waals surface area contributed by atoms with E-state index in [0.29, 0.717) is 0 Å². The number of hydrogen-bond donors (Lipinski definition) is 2. The van der Waals surface area contributed by atoms with Gasteiger partial charge in [-0.05, 0) is 38.3 Å². The van der Waals surface area contributed by atoms with Gasteiger partial charge in [-0.1, -0.05) is 38.2 Å². The molecular formula is C26H41NO8. The molecule has 35 heavy (non-hydrogen) atoms. The highest BCUT2D eigenvalue weighted by Gasteiger charge is 2.35. The van der Waals surface area contributed by atoms with E-state index in [2.05, 4.69) is 0 Å². The number of amides is 1. The van der Waals surface area contributed by atoms with Crippen LogP contribution in [0.4, 0.5) is 4.79 Å². The molecule has 9 heteroatoms. The highest BCUT2D eigenvalue weighted by Crippen LogP contribution is 2.26. The van der Waals surface area contributed by atoms with Gasteiger partial charge in [0.2, 0.25) is 0 Å². The molecule has 1 aliphatic heterocycles. The highest BCUT2D eigenvalue weighted by molar-refractivity contribution is 5.70. The summed E-state index contributed by atoms with van der Waals surface area (Å²) in [6.07, 6.45) is 5.95. The maximum absolute atomic E-state index is 12.5. The summed E-state index contributed by atoms with van der Waals surface area (Å²) < 4.78 is 16.2. The highest BCUT2D eigenvalue weighted by atomic mass is 16.6. The summed E-state index contributed by atoms with van der Waals surface area (Å²) in [7, 11) is 3.23. The van der Waals surface area contributed by atoms with Crippen molar-refractivity contribution in [2.45, 2.75) is 77.8 Å². The van der Waals surface area contributed by atoms with Crippen molar-refractivity contribution in [3.63, 3.8) is 0 Å². The van der Waals surface area contributed by atoms with Gasteiger partial charge in [0.15, 0.2) is 0 Å². The number of carbonyl (C=O) groups is 3. The fraction of sp³-hybridized carbons (Fsp3) is 0.654. The fourth-order valence-corrected chi connectivity index (χ4v) is 3.51. The number of nitrogens with zero attached hydrogens (tertiary/aromatic N) is 1. The summed E-state index contributed by atoms with van der Waals surface area (Å²) in [5, 5.41) is 21.2. The second kappa shape index (κ2) is 14.0. The van der Waals surface area contributed by atoms with E-state index in [0.717, 1.165) is 5.57 Å². The summed E-state index contributed by atoms with van der Waals surface area (Å²) in [5.41, 5.74) is -0.659. The summed E-state index contributed by atoms with van der Waals surface area (Å²) in [6, 6.07) is 0. The van der Waals surface area contributed by atoms with Crippen LogP contribution in [-0.4, -0.2) is 77.8 Å². The second-order valence-corrected chi connectivity index (χ2v) is 9.68. The van der Waals surface area contributed by atoms with Gasteiger partial charge >= 0.3 is 18.0 Å². The average molecular weight is 496 g/mol. The number of ether oxygens (including phenoxy) is 3. The van der Waals surface area contributed by atoms with Crippen molar-refractivity contribution < 1.29 is 38.8 Å². The Morgan fingerprint density at radius 2 is 1.97 bits per heavy atom. The van der Waals surface area contributed by atoms with Gasteiger partial charge in [0.1, 0.15) is 17.8 Å². The van der Waals surface area contributed by atoms with Gasteiger partial charge in [-0.3, -0.25) is 9.59 Å². The van der Waals surface area contributed by atoms with Crippen LogP contribution in [0.1, 0.15) is 53.9 Å². The standard InChI is InChI=1S/C26H41NO8/c1-17(16-33-25(31)27(6)7)9-8-10-18(2)24-19(3)11-12-22(34-20(4)28)26(5,32)14-13-21(29)15-23(30)35-24/h8-12,17,19,21-22,24,29,32H,13-16H2,1-7H3/b9-8+,12-11+,18-10+/t17-,19+,21+,22-,24-,26+/m1/s1. The average Bonchev–Trinajstić information content (AvgIpc) is 2.75. The van der Waals surface area contributed by atoms with Crippen LogP contribution in [0.5, 0.6) is 0 Å². The molecule has 0 radical (unpaired) electrons. The molecule has 0 aliphatic carbocycles. The van der Waals surface area contributed by atoms with Crippen molar-refractivity contribution >= 4 is 18.0 Å². The van der Waals surface area contributed by atoms with Gasteiger partial charge < -0.3 is 29.3 Å². The van der Waals surface area contributed by atoms with Crippen LogP contribution in [-0.2, 0) is 23.8 Å². The summed E-state index contributed by atoms with van der Waals surface area (Å²) >= 11 is 0. The molecular weight excluding hydrogens is 454 g/mol. The third-order valence-electron chi connectivity index (χ3n) is 5.70. The first-order chi connectivity index (χ1) is 16.2. The molecule has 0 unspecified atom stereocenters. The SMILES string of the molecule is CC(=O)O[C@@H]1/C=C/[C@H](C)[C@@H](/C(C)=C/C=C/[C@@H](C)COC(=O)N(C)C)OC(=O)C[C@@H](O)CC[C@]1(C)O. The lowest BCUT2D eigenvalue weighted by Gasteiger charge is -2.32. The Morgan fingerprint density at radius 1 is 1.31 bits per heavy atom. The summed E-state index contributed by atoms with van der Waals surface area (Å²) in [4.78, 5) is 37.0. The number of esters is 2. The fourth-order valence-electron chi connectivity index (χ4n) is 3.51. The predicted molar refractivity (Wildman–Crippen MR) is 131 cm³/mol. The van der Waals surface area contributed by atoms with Crippen LogP contribution < -0.4 is 0 Å². The summed E-state index contributed by atoms with van der Waals surface area (Å²) in [6.45, 7) is 8.62. The number of allylic oxidation sites excluding steroid dienone is 2. The van der Waals surface area contributed by atoms with E-state index >= 15 is 0 Å². The first-order valence-electron chi connectivity index (χ1n) is 11.9. The lowest BCUT2D eigenvalue weighted by atomic mass is 9.88. The van der Waals surface area contributed by atoms with E-state index in [1.54, 1.807) is 26.2 Å². The molecule has 1 amide bonds. The number of hydrogen-bond acceptors (Lipinski definition) is 8.